The van der Waals surface area contributed by atoms with Crippen LogP contribution in [-0.4, -0.2) is 22.4 Å². The number of aryl methyl sites for hydroxylation is 2. The highest BCUT2D eigenvalue weighted by atomic mass is 16.3. The van der Waals surface area contributed by atoms with Crippen LogP contribution in [0.15, 0.2) is 59.3 Å². The number of nitrogens with zero attached hydrogens (tertiary/aromatic N) is 2. The minimum atomic E-state index is -0.0209. The van der Waals surface area contributed by atoms with E-state index < -0.39 is 0 Å². The molecule has 0 fully saturated rings. The average molecular weight is 308 g/mol. The third kappa shape index (κ3) is 3.21. The van der Waals surface area contributed by atoms with Gasteiger partial charge in [-0.3, -0.25) is 4.79 Å². The fourth-order valence-corrected chi connectivity index (χ4v) is 2.61. The number of rotatable bonds is 4. The first-order valence-electron chi connectivity index (χ1n) is 7.59. The summed E-state index contributed by atoms with van der Waals surface area (Å²) in [6.07, 6.45) is 3.96. The second kappa shape index (κ2) is 6.16. The molecular formula is C19H20N2O2. The first-order chi connectivity index (χ1) is 11.0. The summed E-state index contributed by atoms with van der Waals surface area (Å²) in [4.78, 5) is 14.3. The lowest BCUT2D eigenvalue weighted by Crippen LogP contribution is -2.26. The minimum absolute atomic E-state index is 0.0209. The molecular weight excluding hydrogens is 288 g/mol. The van der Waals surface area contributed by atoms with Gasteiger partial charge in [-0.25, -0.2) is 0 Å². The zero-order valence-electron chi connectivity index (χ0n) is 13.6. The summed E-state index contributed by atoms with van der Waals surface area (Å²) in [7, 11) is 1.79. The van der Waals surface area contributed by atoms with E-state index in [4.69, 9.17) is 4.42 Å². The van der Waals surface area contributed by atoms with Crippen LogP contribution in [0.1, 0.15) is 27.4 Å². The maximum Gasteiger partial charge on any atom is 0.254 e. The minimum Gasteiger partial charge on any atom is -0.464 e. The van der Waals surface area contributed by atoms with Crippen LogP contribution in [0.2, 0.25) is 0 Å². The predicted octanol–water partition coefficient (Wildman–Crippen LogP) is 3.96. The van der Waals surface area contributed by atoms with Crippen molar-refractivity contribution < 1.29 is 9.21 Å². The van der Waals surface area contributed by atoms with Crippen LogP contribution < -0.4 is 0 Å². The van der Waals surface area contributed by atoms with Crippen LogP contribution in [0.25, 0.3) is 5.69 Å². The molecule has 0 spiro atoms. The lowest BCUT2D eigenvalue weighted by molar-refractivity contribution is 0.0775. The number of carbonyl (C=O) groups excluding carboxylic acids is 1. The zero-order valence-corrected chi connectivity index (χ0v) is 13.6. The molecule has 0 radical (unpaired) electrons. The van der Waals surface area contributed by atoms with Gasteiger partial charge in [-0.05, 0) is 55.8 Å². The fraction of sp³-hybridized carbons (Fsp3) is 0.211. The maximum absolute atomic E-state index is 12.7. The highest BCUT2D eigenvalue weighted by Gasteiger charge is 2.15. The van der Waals surface area contributed by atoms with Gasteiger partial charge in [0.05, 0.1) is 6.54 Å². The summed E-state index contributed by atoms with van der Waals surface area (Å²) in [5.41, 5.74) is 2.82. The van der Waals surface area contributed by atoms with Crippen LogP contribution in [-0.2, 0) is 6.54 Å². The molecule has 4 nitrogen and oxygen atoms in total. The molecule has 0 aliphatic rings. The number of benzene rings is 1. The van der Waals surface area contributed by atoms with Gasteiger partial charge >= 0.3 is 0 Å². The van der Waals surface area contributed by atoms with Crippen LogP contribution in [0, 0.1) is 13.8 Å². The van der Waals surface area contributed by atoms with Crippen molar-refractivity contribution in [3.8, 4) is 5.69 Å². The van der Waals surface area contributed by atoms with Gasteiger partial charge in [-0.15, -0.1) is 0 Å². The monoisotopic (exact) mass is 308 g/mol. The highest BCUT2D eigenvalue weighted by Crippen LogP contribution is 2.18. The van der Waals surface area contributed by atoms with Crippen LogP contribution >= 0.6 is 0 Å². The number of hydrogen-bond acceptors (Lipinski definition) is 2. The summed E-state index contributed by atoms with van der Waals surface area (Å²) in [6, 6.07) is 13.5. The Morgan fingerprint density at radius 2 is 1.87 bits per heavy atom. The van der Waals surface area contributed by atoms with Gasteiger partial charge < -0.3 is 13.9 Å². The second-order valence-electron chi connectivity index (χ2n) is 5.77. The smallest absolute Gasteiger partial charge is 0.254 e. The fourth-order valence-electron chi connectivity index (χ4n) is 2.61. The van der Waals surface area contributed by atoms with E-state index in [0.717, 1.165) is 22.8 Å². The molecule has 1 amide bonds. The van der Waals surface area contributed by atoms with Crippen molar-refractivity contribution >= 4 is 5.91 Å². The van der Waals surface area contributed by atoms with Gasteiger partial charge in [0.2, 0.25) is 0 Å². The quantitative estimate of drug-likeness (QED) is 0.731. The molecule has 2 aromatic heterocycles. The van der Waals surface area contributed by atoms with E-state index in [-0.39, 0.29) is 5.91 Å². The molecule has 0 saturated heterocycles. The Morgan fingerprint density at radius 1 is 1.13 bits per heavy atom. The van der Waals surface area contributed by atoms with E-state index >= 15 is 0 Å². The topological polar surface area (TPSA) is 38.4 Å². The van der Waals surface area contributed by atoms with Crippen molar-refractivity contribution in [2.24, 2.45) is 0 Å². The number of carbonyl (C=O) groups is 1. The summed E-state index contributed by atoms with van der Waals surface area (Å²) in [5, 5.41) is 0. The van der Waals surface area contributed by atoms with Crippen LogP contribution in [0.3, 0.4) is 0 Å². The van der Waals surface area contributed by atoms with Crippen molar-refractivity contribution in [1.29, 1.82) is 0 Å². The third-order valence-electron chi connectivity index (χ3n) is 3.87. The summed E-state index contributed by atoms with van der Waals surface area (Å²) < 4.78 is 7.56. The van der Waals surface area contributed by atoms with Gasteiger partial charge in [0.25, 0.3) is 5.91 Å². The molecule has 118 valence electrons. The first-order valence-corrected chi connectivity index (χ1v) is 7.59. The predicted molar refractivity (Wildman–Crippen MR) is 89.7 cm³/mol. The Bertz CT molecular complexity index is 816. The van der Waals surface area contributed by atoms with Crippen molar-refractivity contribution in [3.63, 3.8) is 0 Å². The summed E-state index contributed by atoms with van der Waals surface area (Å²) >= 11 is 0. The Hall–Kier alpha value is -2.75. The molecule has 23 heavy (non-hydrogen) atoms. The van der Waals surface area contributed by atoms with Crippen molar-refractivity contribution in [2.75, 3.05) is 7.05 Å². The Kier molecular flexibility index (Phi) is 4.06. The number of hydrogen-bond donors (Lipinski definition) is 0. The molecule has 2 heterocycles. The maximum atomic E-state index is 12.7. The van der Waals surface area contributed by atoms with Gasteiger partial charge in [-0.2, -0.15) is 0 Å². The lowest BCUT2D eigenvalue weighted by Gasteiger charge is -2.17. The van der Waals surface area contributed by atoms with Crippen molar-refractivity contribution in [3.05, 3.63) is 77.5 Å². The molecule has 4 heteroatoms. The Labute approximate surface area is 136 Å². The van der Waals surface area contributed by atoms with Crippen LogP contribution in [0.4, 0.5) is 0 Å². The second-order valence-corrected chi connectivity index (χ2v) is 5.77. The van der Waals surface area contributed by atoms with E-state index in [2.05, 4.69) is 0 Å². The van der Waals surface area contributed by atoms with E-state index in [0.29, 0.717) is 12.1 Å². The number of furan rings is 1. The first kappa shape index (κ1) is 15.2. The van der Waals surface area contributed by atoms with E-state index in [9.17, 15) is 4.79 Å². The SMILES string of the molecule is Cc1ccc(CN(C)C(=O)c2ccc(C)c(-n3cccc3)c2)o1. The van der Waals surface area contributed by atoms with E-state index in [1.165, 1.54) is 0 Å². The largest absolute Gasteiger partial charge is 0.464 e. The molecule has 0 N–H and O–H groups in total. The molecule has 0 aliphatic carbocycles. The molecule has 3 rings (SSSR count). The summed E-state index contributed by atoms with van der Waals surface area (Å²) in [6.45, 7) is 4.40. The van der Waals surface area contributed by atoms with Gasteiger partial charge in [0, 0.05) is 30.7 Å². The van der Waals surface area contributed by atoms with Crippen LogP contribution in [0.5, 0.6) is 0 Å². The molecule has 1 aromatic carbocycles. The van der Waals surface area contributed by atoms with Gasteiger partial charge in [0.1, 0.15) is 11.5 Å². The number of amides is 1. The van der Waals surface area contributed by atoms with Gasteiger partial charge in [0.15, 0.2) is 0 Å². The molecule has 0 bridgehead atoms. The Morgan fingerprint density at radius 3 is 2.52 bits per heavy atom. The normalized spacial score (nSPS) is 10.7. The molecule has 0 unspecified atom stereocenters. The number of aromatic nitrogens is 1. The highest BCUT2D eigenvalue weighted by molar-refractivity contribution is 5.94. The Balaban J connectivity index is 1.83. The van der Waals surface area contributed by atoms with Gasteiger partial charge in [-0.1, -0.05) is 6.07 Å². The van der Waals surface area contributed by atoms with E-state index in [1.54, 1.807) is 11.9 Å². The molecule has 3 aromatic rings. The third-order valence-corrected chi connectivity index (χ3v) is 3.87. The standard InChI is InChI=1S/C19H20N2O2/c1-14-6-8-16(12-18(14)21-10-4-5-11-21)19(22)20(3)13-17-9-7-15(2)23-17/h4-12H,13H2,1-3H3. The van der Waals surface area contributed by atoms with E-state index in [1.807, 2.05) is 73.3 Å². The molecule has 0 saturated carbocycles. The molecule has 0 aliphatic heterocycles. The van der Waals surface area contributed by atoms with Crippen molar-refractivity contribution in [1.82, 2.24) is 9.47 Å². The zero-order chi connectivity index (χ0) is 16.4. The summed E-state index contributed by atoms with van der Waals surface area (Å²) in [5.74, 6) is 1.62. The van der Waals surface area contributed by atoms with Crippen molar-refractivity contribution in [2.45, 2.75) is 20.4 Å². The lowest BCUT2D eigenvalue weighted by atomic mass is 10.1. The average Bonchev–Trinajstić information content (AvgIpc) is 3.19. The molecule has 0 atom stereocenters.